The summed E-state index contributed by atoms with van der Waals surface area (Å²) in [6, 6.07) is 11.5. The standard InChI is InChI=1S/C30H38N4O6/c1-4-17-40-21-13-11-20(12-14-21)24-22-23(30(33-24,28(37)38)15-8-16-32-29(31)39)27(36)34(26(22)35)25-18(5-2)9-7-10-19(25)6-3/h7,9-14,22-24,33H,4-6,8,15-17H2,1-3H3,(H,37,38)(H3,31,32,39). The average molecular weight is 551 g/mol. The zero-order chi connectivity index (χ0) is 29.0. The largest absolute Gasteiger partial charge is 0.494 e. The van der Waals surface area contributed by atoms with Crippen molar-refractivity contribution in [1.82, 2.24) is 10.6 Å². The van der Waals surface area contributed by atoms with E-state index in [2.05, 4.69) is 10.6 Å². The monoisotopic (exact) mass is 550 g/mol. The molecule has 2 fully saturated rings. The van der Waals surface area contributed by atoms with Crippen molar-refractivity contribution in [3.63, 3.8) is 0 Å². The minimum Gasteiger partial charge on any atom is -0.494 e. The van der Waals surface area contributed by atoms with E-state index in [-0.39, 0.29) is 19.4 Å². The SMILES string of the molecule is CCCOc1ccc(C2NC(CCCNC(N)=O)(C(=O)O)C3C(=O)N(c4c(CC)cccc4CC)C(=O)C23)cc1. The van der Waals surface area contributed by atoms with E-state index >= 15 is 0 Å². The van der Waals surface area contributed by atoms with Crippen LogP contribution in [-0.2, 0) is 27.2 Å². The van der Waals surface area contributed by atoms with Gasteiger partial charge in [-0.25, -0.2) is 9.69 Å². The van der Waals surface area contributed by atoms with Gasteiger partial charge in [0.1, 0.15) is 11.3 Å². The van der Waals surface area contributed by atoms with Crippen LogP contribution < -0.4 is 26.0 Å². The van der Waals surface area contributed by atoms with Crippen molar-refractivity contribution < 1.29 is 29.0 Å². The predicted octanol–water partition coefficient (Wildman–Crippen LogP) is 3.32. The predicted molar refractivity (Wildman–Crippen MR) is 150 cm³/mol. The molecule has 2 saturated heterocycles. The van der Waals surface area contributed by atoms with E-state index in [9.17, 15) is 24.3 Å². The first-order valence-electron chi connectivity index (χ1n) is 14.0. The summed E-state index contributed by atoms with van der Waals surface area (Å²) in [6.07, 6.45) is 2.33. The summed E-state index contributed by atoms with van der Waals surface area (Å²) in [7, 11) is 0. The van der Waals surface area contributed by atoms with Gasteiger partial charge in [0.2, 0.25) is 11.8 Å². The molecule has 2 heterocycles. The lowest BCUT2D eigenvalue weighted by atomic mass is 9.77. The number of imide groups is 1. The average Bonchev–Trinajstić information content (AvgIpc) is 3.43. The van der Waals surface area contributed by atoms with Gasteiger partial charge in [-0.3, -0.25) is 19.7 Å². The van der Waals surface area contributed by atoms with Crippen LogP contribution >= 0.6 is 0 Å². The Morgan fingerprint density at radius 1 is 1.05 bits per heavy atom. The minimum atomic E-state index is -1.72. The molecule has 0 radical (unpaired) electrons. The van der Waals surface area contributed by atoms with Gasteiger partial charge >= 0.3 is 12.0 Å². The van der Waals surface area contributed by atoms with Gasteiger partial charge in [-0.1, -0.05) is 51.1 Å². The summed E-state index contributed by atoms with van der Waals surface area (Å²) in [4.78, 5) is 53.9. The quantitative estimate of drug-likeness (QED) is 0.234. The number of ether oxygens (including phenoxy) is 1. The molecule has 2 aromatic carbocycles. The van der Waals surface area contributed by atoms with Crippen LogP contribution in [0, 0.1) is 11.8 Å². The number of carbonyl (C=O) groups excluding carboxylic acids is 3. The van der Waals surface area contributed by atoms with Crippen molar-refractivity contribution >= 4 is 29.5 Å². The molecule has 10 heteroatoms. The molecule has 214 valence electrons. The Balaban J connectivity index is 1.80. The lowest BCUT2D eigenvalue weighted by molar-refractivity contribution is -0.149. The first-order chi connectivity index (χ1) is 19.2. The maximum absolute atomic E-state index is 14.2. The number of hydrogen-bond acceptors (Lipinski definition) is 6. The Labute approximate surface area is 234 Å². The molecule has 4 atom stereocenters. The van der Waals surface area contributed by atoms with Crippen LogP contribution in [-0.4, -0.2) is 47.6 Å². The van der Waals surface area contributed by atoms with Gasteiger partial charge < -0.3 is 20.9 Å². The summed E-state index contributed by atoms with van der Waals surface area (Å²) < 4.78 is 5.70. The summed E-state index contributed by atoms with van der Waals surface area (Å²) in [5.41, 5.74) is 6.43. The molecule has 2 aliphatic rings. The summed E-state index contributed by atoms with van der Waals surface area (Å²) in [5.74, 6) is -3.54. The lowest BCUT2D eigenvalue weighted by Crippen LogP contribution is -2.56. The van der Waals surface area contributed by atoms with Gasteiger partial charge in [-0.15, -0.1) is 0 Å². The van der Waals surface area contributed by atoms with Gasteiger partial charge in [0.15, 0.2) is 0 Å². The number of para-hydroxylation sites is 1. The molecule has 4 amide bonds. The Hall–Kier alpha value is -3.92. The molecule has 4 unspecified atom stereocenters. The van der Waals surface area contributed by atoms with E-state index in [0.717, 1.165) is 17.5 Å². The number of nitrogens with zero attached hydrogens (tertiary/aromatic N) is 1. The number of carboxylic acids is 1. The number of amides is 4. The maximum Gasteiger partial charge on any atom is 0.324 e. The molecule has 0 spiro atoms. The van der Waals surface area contributed by atoms with E-state index in [1.54, 1.807) is 12.1 Å². The number of primary amides is 1. The molecule has 10 nitrogen and oxygen atoms in total. The number of hydrogen-bond donors (Lipinski definition) is 4. The van der Waals surface area contributed by atoms with E-state index < -0.39 is 47.2 Å². The second-order valence-electron chi connectivity index (χ2n) is 10.4. The smallest absolute Gasteiger partial charge is 0.324 e. The van der Waals surface area contributed by atoms with E-state index in [4.69, 9.17) is 10.5 Å². The van der Waals surface area contributed by atoms with Gasteiger partial charge in [0.25, 0.3) is 0 Å². The maximum atomic E-state index is 14.2. The second-order valence-corrected chi connectivity index (χ2v) is 10.4. The third-order valence-electron chi connectivity index (χ3n) is 7.98. The molecule has 0 saturated carbocycles. The van der Waals surface area contributed by atoms with Crippen LogP contribution in [0.15, 0.2) is 42.5 Å². The van der Waals surface area contributed by atoms with Crippen molar-refractivity contribution in [2.45, 2.75) is 64.5 Å². The van der Waals surface area contributed by atoms with Gasteiger partial charge in [0, 0.05) is 12.6 Å². The van der Waals surface area contributed by atoms with Crippen LogP contribution in [0.2, 0.25) is 0 Å². The van der Waals surface area contributed by atoms with Crippen LogP contribution in [0.3, 0.4) is 0 Å². The van der Waals surface area contributed by atoms with Crippen molar-refractivity contribution in [3.05, 3.63) is 59.2 Å². The Morgan fingerprint density at radius 2 is 1.70 bits per heavy atom. The molecular formula is C30H38N4O6. The van der Waals surface area contributed by atoms with E-state index in [0.29, 0.717) is 36.4 Å². The number of carboxylic acid groups (broad SMARTS) is 1. The normalized spacial score (nSPS) is 23.8. The minimum absolute atomic E-state index is 0.0148. The molecule has 5 N–H and O–H groups in total. The molecule has 40 heavy (non-hydrogen) atoms. The molecule has 4 rings (SSSR count). The van der Waals surface area contributed by atoms with E-state index in [1.165, 1.54) is 4.90 Å². The molecule has 0 aliphatic carbocycles. The Kier molecular flexibility index (Phi) is 8.78. The van der Waals surface area contributed by atoms with Crippen LogP contribution in [0.1, 0.15) is 62.8 Å². The number of aryl methyl sites for hydroxylation is 2. The van der Waals surface area contributed by atoms with Gasteiger partial charge in [-0.2, -0.15) is 0 Å². The van der Waals surface area contributed by atoms with Crippen molar-refractivity contribution in [1.29, 1.82) is 0 Å². The number of nitrogens with two attached hydrogens (primary N) is 1. The van der Waals surface area contributed by atoms with Crippen molar-refractivity contribution in [3.8, 4) is 5.75 Å². The second kappa shape index (κ2) is 12.1. The van der Waals surface area contributed by atoms with Crippen molar-refractivity contribution in [2.75, 3.05) is 18.1 Å². The third-order valence-corrected chi connectivity index (χ3v) is 7.98. The highest BCUT2D eigenvalue weighted by Crippen LogP contribution is 2.52. The van der Waals surface area contributed by atoms with Crippen LogP contribution in [0.4, 0.5) is 10.5 Å². The summed E-state index contributed by atoms with van der Waals surface area (Å²) >= 11 is 0. The Morgan fingerprint density at radius 3 is 2.25 bits per heavy atom. The molecule has 2 aliphatic heterocycles. The fourth-order valence-corrected chi connectivity index (χ4v) is 6.12. The summed E-state index contributed by atoms with van der Waals surface area (Å²) in [6.45, 7) is 6.64. The number of carbonyl (C=O) groups is 4. The number of benzene rings is 2. The first kappa shape index (κ1) is 29.1. The van der Waals surface area contributed by atoms with Crippen LogP contribution in [0.5, 0.6) is 5.75 Å². The summed E-state index contributed by atoms with van der Waals surface area (Å²) in [5, 5.41) is 16.3. The molecular weight excluding hydrogens is 512 g/mol. The Bertz CT molecular complexity index is 1260. The zero-order valence-electron chi connectivity index (χ0n) is 23.2. The molecule has 0 aromatic heterocycles. The number of fused-ring (bicyclic) bond motifs is 1. The van der Waals surface area contributed by atoms with E-state index in [1.807, 2.05) is 51.1 Å². The van der Waals surface area contributed by atoms with Gasteiger partial charge in [-0.05, 0) is 60.9 Å². The number of rotatable bonds is 12. The lowest BCUT2D eigenvalue weighted by Gasteiger charge is -2.32. The molecule has 2 aromatic rings. The molecule has 0 bridgehead atoms. The third kappa shape index (κ3) is 5.15. The highest BCUT2D eigenvalue weighted by atomic mass is 16.5. The van der Waals surface area contributed by atoms with Gasteiger partial charge in [0.05, 0.1) is 24.1 Å². The topological polar surface area (TPSA) is 151 Å². The fraction of sp³-hybridized carbons (Fsp3) is 0.467. The number of anilines is 1. The van der Waals surface area contributed by atoms with Crippen LogP contribution in [0.25, 0.3) is 0 Å². The highest BCUT2D eigenvalue weighted by Gasteiger charge is 2.68. The van der Waals surface area contributed by atoms with Crippen molar-refractivity contribution in [2.24, 2.45) is 17.6 Å². The first-order valence-corrected chi connectivity index (χ1v) is 14.0. The number of urea groups is 1. The fourth-order valence-electron chi connectivity index (χ4n) is 6.12. The highest BCUT2D eigenvalue weighted by molar-refractivity contribution is 6.25. The number of aliphatic carboxylic acids is 1. The number of nitrogens with one attached hydrogen (secondary N) is 2. The zero-order valence-corrected chi connectivity index (χ0v) is 23.2.